The summed E-state index contributed by atoms with van der Waals surface area (Å²) in [7, 11) is 0. The molecule has 0 saturated heterocycles. The summed E-state index contributed by atoms with van der Waals surface area (Å²) in [5.41, 5.74) is 2.27. The van der Waals surface area contributed by atoms with Crippen LogP contribution in [0.3, 0.4) is 0 Å². The fourth-order valence-electron chi connectivity index (χ4n) is 2.67. The predicted octanol–water partition coefficient (Wildman–Crippen LogP) is 4.23. The number of benzene rings is 1. The Morgan fingerprint density at radius 2 is 2.16 bits per heavy atom. The number of hydrogen-bond acceptors (Lipinski definition) is 2. The first-order valence-electron chi connectivity index (χ1n) is 6.82. The van der Waals surface area contributed by atoms with E-state index in [9.17, 15) is 4.39 Å². The summed E-state index contributed by atoms with van der Waals surface area (Å²) >= 11 is 1.91. The lowest BCUT2D eigenvalue weighted by Gasteiger charge is -2.14. The van der Waals surface area contributed by atoms with Crippen LogP contribution in [0.25, 0.3) is 0 Å². The van der Waals surface area contributed by atoms with Crippen molar-refractivity contribution >= 4 is 11.3 Å². The summed E-state index contributed by atoms with van der Waals surface area (Å²) in [6.07, 6.45) is 3.78. The van der Waals surface area contributed by atoms with Gasteiger partial charge in [0.15, 0.2) is 0 Å². The lowest BCUT2D eigenvalue weighted by atomic mass is 10.1. The van der Waals surface area contributed by atoms with Crippen LogP contribution in [0.15, 0.2) is 30.3 Å². The van der Waals surface area contributed by atoms with Crippen LogP contribution in [0.2, 0.25) is 0 Å². The Kier molecular flexibility index (Phi) is 3.67. The monoisotopic (exact) mass is 275 g/mol. The zero-order chi connectivity index (χ0) is 13.2. The van der Waals surface area contributed by atoms with E-state index in [1.54, 1.807) is 10.9 Å². The van der Waals surface area contributed by atoms with Crippen molar-refractivity contribution in [2.75, 3.05) is 0 Å². The number of aryl methyl sites for hydroxylation is 2. The second-order valence-electron chi connectivity index (χ2n) is 5.14. The molecule has 1 N–H and O–H groups in total. The molecule has 100 valence electrons. The van der Waals surface area contributed by atoms with Crippen LogP contribution in [-0.2, 0) is 19.4 Å². The average molecular weight is 275 g/mol. The van der Waals surface area contributed by atoms with Crippen molar-refractivity contribution in [3.63, 3.8) is 0 Å². The maximum Gasteiger partial charge on any atom is 0.127 e. The molecule has 0 saturated carbocycles. The maximum absolute atomic E-state index is 13.7. The molecule has 3 rings (SSSR count). The van der Waals surface area contributed by atoms with Crippen LogP contribution in [0, 0.1) is 5.82 Å². The van der Waals surface area contributed by atoms with Crippen LogP contribution in [-0.4, -0.2) is 0 Å². The van der Waals surface area contributed by atoms with Gasteiger partial charge in [0.05, 0.1) is 0 Å². The van der Waals surface area contributed by atoms with Crippen LogP contribution in [0.1, 0.15) is 40.3 Å². The van der Waals surface area contributed by atoms with E-state index in [0.29, 0.717) is 0 Å². The van der Waals surface area contributed by atoms with Gasteiger partial charge in [-0.25, -0.2) is 4.39 Å². The van der Waals surface area contributed by atoms with E-state index in [-0.39, 0.29) is 11.9 Å². The van der Waals surface area contributed by atoms with Gasteiger partial charge in [-0.1, -0.05) is 18.2 Å². The lowest BCUT2D eigenvalue weighted by molar-refractivity contribution is 0.530. The molecule has 2 aromatic rings. The molecular weight excluding hydrogens is 257 g/mol. The topological polar surface area (TPSA) is 12.0 Å². The van der Waals surface area contributed by atoms with E-state index in [1.165, 1.54) is 35.8 Å². The molecule has 1 aliphatic rings. The van der Waals surface area contributed by atoms with Crippen molar-refractivity contribution in [3.05, 3.63) is 57.0 Å². The lowest BCUT2D eigenvalue weighted by Crippen LogP contribution is -2.18. The Labute approximate surface area is 117 Å². The van der Waals surface area contributed by atoms with Crippen molar-refractivity contribution in [2.24, 2.45) is 0 Å². The molecule has 1 heterocycles. The largest absolute Gasteiger partial charge is 0.305 e. The molecule has 0 aliphatic heterocycles. The van der Waals surface area contributed by atoms with Crippen molar-refractivity contribution < 1.29 is 4.39 Å². The molecule has 0 bridgehead atoms. The van der Waals surface area contributed by atoms with Gasteiger partial charge in [0, 0.05) is 27.9 Å². The van der Waals surface area contributed by atoms with E-state index in [2.05, 4.69) is 11.4 Å². The van der Waals surface area contributed by atoms with E-state index in [1.807, 2.05) is 30.4 Å². The highest BCUT2D eigenvalue weighted by molar-refractivity contribution is 7.12. The Bertz CT molecular complexity index is 554. The Balaban J connectivity index is 1.64. The third kappa shape index (κ3) is 2.72. The molecule has 0 amide bonds. The van der Waals surface area contributed by atoms with Crippen molar-refractivity contribution in [1.82, 2.24) is 5.32 Å². The third-order valence-corrected chi connectivity index (χ3v) is 4.99. The van der Waals surface area contributed by atoms with Crippen LogP contribution < -0.4 is 5.32 Å². The van der Waals surface area contributed by atoms with Gasteiger partial charge in [0.1, 0.15) is 5.82 Å². The summed E-state index contributed by atoms with van der Waals surface area (Å²) in [6.45, 7) is 2.84. The van der Waals surface area contributed by atoms with Crippen molar-refractivity contribution in [2.45, 2.75) is 38.8 Å². The molecule has 0 radical (unpaired) electrons. The molecule has 1 aromatic carbocycles. The van der Waals surface area contributed by atoms with Crippen molar-refractivity contribution in [3.8, 4) is 0 Å². The first-order valence-corrected chi connectivity index (χ1v) is 7.64. The van der Waals surface area contributed by atoms with E-state index >= 15 is 0 Å². The predicted molar refractivity (Wildman–Crippen MR) is 78.0 cm³/mol. The number of hydrogen-bond donors (Lipinski definition) is 1. The van der Waals surface area contributed by atoms with Crippen LogP contribution in [0.5, 0.6) is 0 Å². The summed E-state index contributed by atoms with van der Waals surface area (Å²) in [6, 6.07) is 9.34. The molecule has 0 fully saturated rings. The Hall–Kier alpha value is -1.19. The molecule has 1 aromatic heterocycles. The smallest absolute Gasteiger partial charge is 0.127 e. The number of thiophene rings is 1. The second kappa shape index (κ2) is 5.43. The van der Waals surface area contributed by atoms with Gasteiger partial charge in [-0.15, -0.1) is 11.3 Å². The molecule has 3 heteroatoms. The summed E-state index contributed by atoms with van der Waals surface area (Å²) in [4.78, 5) is 2.92. The van der Waals surface area contributed by atoms with Gasteiger partial charge >= 0.3 is 0 Å². The fourth-order valence-corrected chi connectivity index (χ4v) is 3.88. The highest BCUT2D eigenvalue weighted by Gasteiger charge is 2.15. The summed E-state index contributed by atoms with van der Waals surface area (Å²) in [5, 5.41) is 3.42. The first-order chi connectivity index (χ1) is 9.24. The number of rotatable bonds is 4. The maximum atomic E-state index is 13.7. The normalized spacial score (nSPS) is 15.5. The molecule has 1 atom stereocenters. The fraction of sp³-hybridized carbons (Fsp3) is 0.375. The molecule has 0 spiro atoms. The van der Waals surface area contributed by atoms with E-state index < -0.39 is 0 Å². The van der Waals surface area contributed by atoms with Gasteiger partial charge in [-0.2, -0.15) is 0 Å². The minimum absolute atomic E-state index is 0.0399. The highest BCUT2D eigenvalue weighted by atomic mass is 32.1. The second-order valence-corrected chi connectivity index (χ2v) is 6.36. The average Bonchev–Trinajstić information content (AvgIpc) is 2.97. The van der Waals surface area contributed by atoms with Crippen molar-refractivity contribution in [1.29, 1.82) is 0 Å². The van der Waals surface area contributed by atoms with E-state index in [4.69, 9.17) is 0 Å². The molecule has 1 unspecified atom stereocenters. The SMILES string of the molecule is CC(NCc1cc2c(s1)CCC2)c1ccccc1F. The molecule has 1 aliphatic carbocycles. The minimum atomic E-state index is -0.129. The van der Waals surface area contributed by atoms with Gasteiger partial charge in [0.2, 0.25) is 0 Å². The van der Waals surface area contributed by atoms with Crippen LogP contribution >= 0.6 is 11.3 Å². The molecule has 19 heavy (non-hydrogen) atoms. The van der Waals surface area contributed by atoms with Gasteiger partial charge in [-0.05, 0) is 43.9 Å². The quantitative estimate of drug-likeness (QED) is 0.880. The van der Waals surface area contributed by atoms with Gasteiger partial charge in [-0.3, -0.25) is 0 Å². The standard InChI is InChI=1S/C16H18FNS/c1-11(14-6-2-3-7-15(14)17)18-10-13-9-12-5-4-8-16(12)19-13/h2-3,6-7,9,11,18H,4-5,8,10H2,1H3. The van der Waals surface area contributed by atoms with E-state index in [0.717, 1.165) is 12.1 Å². The summed E-state index contributed by atoms with van der Waals surface area (Å²) in [5.74, 6) is -0.129. The zero-order valence-corrected chi connectivity index (χ0v) is 11.9. The van der Waals surface area contributed by atoms with Gasteiger partial charge < -0.3 is 5.32 Å². The molecular formula is C16H18FNS. The van der Waals surface area contributed by atoms with Crippen LogP contribution in [0.4, 0.5) is 4.39 Å². The zero-order valence-electron chi connectivity index (χ0n) is 11.1. The Morgan fingerprint density at radius 1 is 1.32 bits per heavy atom. The minimum Gasteiger partial charge on any atom is -0.305 e. The molecule has 1 nitrogen and oxygen atoms in total. The number of nitrogens with one attached hydrogen (secondary N) is 1. The van der Waals surface area contributed by atoms with Gasteiger partial charge in [0.25, 0.3) is 0 Å². The highest BCUT2D eigenvalue weighted by Crippen LogP contribution is 2.30. The first kappa shape index (κ1) is 12.8. The number of fused-ring (bicyclic) bond motifs is 1. The third-order valence-electron chi connectivity index (χ3n) is 3.75. The summed E-state index contributed by atoms with van der Waals surface area (Å²) < 4.78 is 13.7. The Morgan fingerprint density at radius 3 is 2.95 bits per heavy atom. The number of halogens is 1.